The number of hydrogen-bond donors (Lipinski definition) is 0. The fraction of sp³-hybridized carbons (Fsp3) is 1.00. The van der Waals surface area contributed by atoms with E-state index in [9.17, 15) is 0 Å². The maximum absolute atomic E-state index is 6.91. The van der Waals surface area contributed by atoms with Gasteiger partial charge in [0.15, 0.2) is 41.6 Å². The van der Waals surface area contributed by atoms with Gasteiger partial charge >= 0.3 is 0 Å². The molecule has 11 heteroatoms. The van der Waals surface area contributed by atoms with Crippen molar-refractivity contribution in [3.8, 4) is 0 Å². The van der Waals surface area contributed by atoms with Crippen LogP contribution in [0.3, 0.4) is 0 Å². The maximum Gasteiger partial charge on any atom is 0.173 e. The van der Waals surface area contributed by atoms with E-state index in [2.05, 4.69) is 65.5 Å². The summed E-state index contributed by atoms with van der Waals surface area (Å²) in [7, 11) is -6.89. The minimum Gasteiger partial charge on any atom is -0.463 e. The highest BCUT2D eigenvalue weighted by atomic mass is 28.4. The lowest BCUT2D eigenvalue weighted by Crippen LogP contribution is -2.45. The standard InChI is InChI=1S/C24H60O5Si6/c1-31(2,27-30)17-11-12-18-32(3,4)28-33(5,6)19-13-14-20-34(7,8)29-35(9,10)21-15-16-25-22-24-23-26-24/h24H,11-23H2,1-10,30H3. The van der Waals surface area contributed by atoms with E-state index in [1.54, 1.807) is 0 Å². The first-order valence-corrected chi connectivity index (χ1v) is 30.5. The second-order valence-corrected chi connectivity index (χ2v) is 37.1. The number of unbranched alkanes of at least 4 members (excludes halogenated alkanes) is 2. The van der Waals surface area contributed by atoms with Crippen molar-refractivity contribution >= 4 is 52.1 Å². The molecule has 1 aliphatic rings. The van der Waals surface area contributed by atoms with E-state index in [0.29, 0.717) is 6.10 Å². The number of rotatable bonds is 21. The molecule has 0 N–H and O–H groups in total. The first kappa shape index (κ1) is 34.1. The lowest BCUT2D eigenvalue weighted by Gasteiger charge is -2.36. The third-order valence-corrected chi connectivity index (χ3v) is 28.1. The van der Waals surface area contributed by atoms with Gasteiger partial charge in [0, 0.05) is 6.61 Å². The van der Waals surface area contributed by atoms with Crippen LogP contribution in [0.2, 0.25) is 95.7 Å². The molecule has 1 atom stereocenters. The Bertz CT molecular complexity index is 597. The normalized spacial score (nSPS) is 17.8. The Morgan fingerprint density at radius 3 is 1.29 bits per heavy atom. The summed E-state index contributed by atoms with van der Waals surface area (Å²) in [5.41, 5.74) is 0. The molecule has 1 heterocycles. The average molecular weight is 597 g/mol. The van der Waals surface area contributed by atoms with Crippen molar-refractivity contribution in [1.82, 2.24) is 0 Å². The summed E-state index contributed by atoms with van der Waals surface area (Å²) in [5.74, 6) is 0. The first-order chi connectivity index (χ1) is 16.0. The lowest BCUT2D eigenvalue weighted by molar-refractivity contribution is 0.116. The van der Waals surface area contributed by atoms with Gasteiger partial charge in [-0.3, -0.25) is 0 Å². The first-order valence-electron chi connectivity index (χ1n) is 14.1. The van der Waals surface area contributed by atoms with Crippen LogP contribution in [0.15, 0.2) is 0 Å². The molecule has 0 aliphatic carbocycles. The molecule has 210 valence electrons. The monoisotopic (exact) mass is 596 g/mol. The van der Waals surface area contributed by atoms with Crippen molar-refractivity contribution in [3.05, 3.63) is 0 Å². The Morgan fingerprint density at radius 2 is 0.943 bits per heavy atom. The van der Waals surface area contributed by atoms with E-state index in [1.165, 1.54) is 55.9 Å². The Labute approximate surface area is 227 Å². The van der Waals surface area contributed by atoms with Crippen LogP contribution in [0, 0.1) is 0 Å². The van der Waals surface area contributed by atoms with Crippen molar-refractivity contribution in [2.24, 2.45) is 0 Å². The minimum atomic E-state index is -1.62. The highest BCUT2D eigenvalue weighted by Gasteiger charge is 2.34. The molecule has 1 fully saturated rings. The third kappa shape index (κ3) is 18.1. The molecular weight excluding hydrogens is 537 g/mol. The predicted molar refractivity (Wildman–Crippen MR) is 168 cm³/mol. The van der Waals surface area contributed by atoms with E-state index >= 15 is 0 Å². The molecule has 0 aromatic rings. The molecule has 1 unspecified atom stereocenters. The van der Waals surface area contributed by atoms with Gasteiger partial charge in [0.25, 0.3) is 0 Å². The molecule has 1 aliphatic heterocycles. The summed E-state index contributed by atoms with van der Waals surface area (Å²) >= 11 is 0. The number of hydrogen-bond acceptors (Lipinski definition) is 5. The minimum absolute atomic E-state index is 0.371. The molecule has 0 aromatic carbocycles. The maximum atomic E-state index is 6.91. The van der Waals surface area contributed by atoms with Crippen molar-refractivity contribution in [1.29, 1.82) is 0 Å². The summed E-state index contributed by atoms with van der Waals surface area (Å²) in [6, 6.07) is 6.33. The second kappa shape index (κ2) is 15.0. The summed E-state index contributed by atoms with van der Waals surface area (Å²) in [5, 5.41) is 0. The van der Waals surface area contributed by atoms with Crippen LogP contribution in [-0.2, 0) is 21.8 Å². The van der Waals surface area contributed by atoms with Crippen LogP contribution < -0.4 is 0 Å². The molecule has 0 radical (unpaired) electrons. The quantitative estimate of drug-likeness (QED) is 0.0837. The zero-order valence-electron chi connectivity index (χ0n) is 25.3. The van der Waals surface area contributed by atoms with Crippen molar-refractivity contribution < 1.29 is 21.8 Å². The van der Waals surface area contributed by atoms with Gasteiger partial charge in [-0.1, -0.05) is 25.7 Å². The second-order valence-electron chi connectivity index (χ2n) is 13.8. The van der Waals surface area contributed by atoms with E-state index in [-0.39, 0.29) is 0 Å². The molecule has 0 aromatic heterocycles. The summed E-state index contributed by atoms with van der Waals surface area (Å²) in [4.78, 5) is 0. The van der Waals surface area contributed by atoms with Crippen molar-refractivity contribution in [2.75, 3.05) is 19.8 Å². The van der Waals surface area contributed by atoms with E-state index < -0.39 is 41.6 Å². The molecule has 0 saturated carbocycles. The zero-order chi connectivity index (χ0) is 26.8. The topological polar surface area (TPSA) is 49.5 Å². The highest BCUT2D eigenvalue weighted by Crippen LogP contribution is 2.29. The van der Waals surface area contributed by atoms with Crippen LogP contribution in [0.1, 0.15) is 32.1 Å². The van der Waals surface area contributed by atoms with E-state index in [1.807, 2.05) is 0 Å². The van der Waals surface area contributed by atoms with Gasteiger partial charge in [0.1, 0.15) is 16.6 Å². The van der Waals surface area contributed by atoms with Crippen LogP contribution in [-0.4, -0.2) is 78.0 Å². The van der Waals surface area contributed by atoms with Gasteiger partial charge in [0.05, 0.1) is 13.2 Å². The third-order valence-electron chi connectivity index (χ3n) is 7.05. The molecule has 0 amide bonds. The molecule has 0 bridgehead atoms. The zero-order valence-corrected chi connectivity index (χ0v) is 32.3. The smallest absolute Gasteiger partial charge is 0.173 e. The number of ether oxygens (including phenoxy) is 2. The molecule has 35 heavy (non-hydrogen) atoms. The average Bonchev–Trinajstić information content (AvgIpc) is 3.51. The van der Waals surface area contributed by atoms with Crippen LogP contribution >= 0.6 is 0 Å². The SMILES string of the molecule is C[Si](C)(CCCC[Si](C)(C)O[Si](C)(C)CCCC[Si](C)(C)O[Si](C)(C)CCCOCC1CO1)O[SiH3]. The predicted octanol–water partition coefficient (Wildman–Crippen LogP) is 6.71. The Balaban J connectivity index is 2.26. The van der Waals surface area contributed by atoms with Crippen molar-refractivity contribution in [3.63, 3.8) is 0 Å². The van der Waals surface area contributed by atoms with E-state index in [4.69, 9.17) is 21.8 Å². The van der Waals surface area contributed by atoms with E-state index in [0.717, 1.165) is 36.7 Å². The van der Waals surface area contributed by atoms with Crippen LogP contribution in [0.5, 0.6) is 0 Å². The van der Waals surface area contributed by atoms with Gasteiger partial charge in [0.2, 0.25) is 0 Å². The van der Waals surface area contributed by atoms with Crippen LogP contribution in [0.4, 0.5) is 0 Å². The van der Waals surface area contributed by atoms with Gasteiger partial charge in [-0.2, -0.15) is 0 Å². The molecular formula is C24H60O5Si6. The van der Waals surface area contributed by atoms with Crippen LogP contribution in [0.25, 0.3) is 0 Å². The van der Waals surface area contributed by atoms with Gasteiger partial charge in [-0.25, -0.2) is 0 Å². The van der Waals surface area contributed by atoms with Gasteiger partial charge < -0.3 is 21.8 Å². The summed E-state index contributed by atoms with van der Waals surface area (Å²) in [6.45, 7) is 26.6. The Hall–Kier alpha value is 1.10. The molecule has 5 nitrogen and oxygen atoms in total. The Morgan fingerprint density at radius 1 is 0.600 bits per heavy atom. The van der Waals surface area contributed by atoms with Gasteiger partial charge in [-0.15, -0.1) is 0 Å². The van der Waals surface area contributed by atoms with Gasteiger partial charge in [-0.05, 0) is 102 Å². The molecule has 1 rings (SSSR count). The lowest BCUT2D eigenvalue weighted by atomic mass is 10.4. The molecule has 1 saturated heterocycles. The van der Waals surface area contributed by atoms with Crippen molar-refractivity contribution in [2.45, 2.75) is 134 Å². The number of epoxide rings is 1. The Kier molecular flexibility index (Phi) is 14.7. The summed E-state index contributed by atoms with van der Waals surface area (Å²) in [6.07, 6.45) is 6.68. The highest BCUT2D eigenvalue weighted by molar-refractivity contribution is 6.85. The largest absolute Gasteiger partial charge is 0.463 e. The molecule has 0 spiro atoms. The fourth-order valence-electron chi connectivity index (χ4n) is 4.98. The fourth-order valence-corrected chi connectivity index (χ4v) is 24.8. The summed E-state index contributed by atoms with van der Waals surface area (Å²) < 4.78 is 30.5.